The van der Waals surface area contributed by atoms with Crippen LogP contribution in [0.15, 0.2) is 65.8 Å². The molecule has 0 aliphatic heterocycles. The summed E-state index contributed by atoms with van der Waals surface area (Å²) in [4.78, 5) is 23.4. The molecule has 0 aliphatic carbocycles. The molecule has 28 heavy (non-hydrogen) atoms. The van der Waals surface area contributed by atoms with E-state index in [1.54, 1.807) is 30.3 Å². The van der Waals surface area contributed by atoms with Crippen molar-refractivity contribution >= 4 is 29.0 Å². The summed E-state index contributed by atoms with van der Waals surface area (Å²) in [5, 5.41) is 5.56. The van der Waals surface area contributed by atoms with E-state index in [9.17, 15) is 9.59 Å². The second kappa shape index (κ2) is 8.68. The van der Waals surface area contributed by atoms with Gasteiger partial charge in [-0.25, -0.2) is 15.0 Å². The normalized spacial score (nSPS) is 10.8. The zero-order valence-corrected chi connectivity index (χ0v) is 15.2. The van der Waals surface area contributed by atoms with Gasteiger partial charge in [-0.2, -0.15) is 5.10 Å². The minimum Gasteiger partial charge on any atom is -0.494 e. The Morgan fingerprint density at radius 2 is 1.82 bits per heavy atom. The number of benzene rings is 3. The number of hydrazone groups is 1. The zero-order valence-electron chi connectivity index (χ0n) is 15.2. The van der Waals surface area contributed by atoms with Gasteiger partial charge in [-0.05, 0) is 48.0 Å². The Balaban J connectivity index is 1.91. The summed E-state index contributed by atoms with van der Waals surface area (Å²) < 4.78 is 11.0. The van der Waals surface area contributed by atoms with Gasteiger partial charge in [0.25, 0.3) is 0 Å². The van der Waals surface area contributed by atoms with Crippen LogP contribution in [0.5, 0.6) is 11.5 Å². The van der Waals surface area contributed by atoms with Crippen molar-refractivity contribution in [2.75, 3.05) is 6.61 Å². The van der Waals surface area contributed by atoms with Gasteiger partial charge >= 0.3 is 12.0 Å². The Morgan fingerprint density at radius 1 is 1.07 bits per heavy atom. The summed E-state index contributed by atoms with van der Waals surface area (Å²) in [6, 6.07) is 17.0. The number of hydrogen-bond donors (Lipinski definition) is 2. The van der Waals surface area contributed by atoms with E-state index in [4.69, 9.17) is 15.2 Å². The lowest BCUT2D eigenvalue weighted by Crippen LogP contribution is -2.24. The monoisotopic (exact) mass is 377 g/mol. The van der Waals surface area contributed by atoms with Crippen molar-refractivity contribution in [2.45, 2.75) is 6.92 Å². The van der Waals surface area contributed by atoms with Gasteiger partial charge in [0.05, 0.1) is 18.4 Å². The number of amides is 2. The Kier molecular flexibility index (Phi) is 5.86. The molecule has 3 N–H and O–H groups in total. The van der Waals surface area contributed by atoms with Crippen molar-refractivity contribution in [3.05, 3.63) is 71.8 Å². The number of urea groups is 1. The van der Waals surface area contributed by atoms with Crippen molar-refractivity contribution in [3.8, 4) is 11.5 Å². The predicted octanol–water partition coefficient (Wildman–Crippen LogP) is 3.46. The highest BCUT2D eigenvalue weighted by Crippen LogP contribution is 2.27. The molecule has 0 spiro atoms. The van der Waals surface area contributed by atoms with Gasteiger partial charge in [-0.1, -0.05) is 30.3 Å². The first-order valence-electron chi connectivity index (χ1n) is 8.63. The van der Waals surface area contributed by atoms with E-state index in [2.05, 4.69) is 10.5 Å². The van der Waals surface area contributed by atoms with Gasteiger partial charge in [0.15, 0.2) is 0 Å². The first kappa shape index (κ1) is 18.9. The van der Waals surface area contributed by atoms with E-state index in [0.717, 1.165) is 10.8 Å². The lowest BCUT2D eigenvalue weighted by molar-refractivity contribution is 0.0734. The van der Waals surface area contributed by atoms with E-state index >= 15 is 0 Å². The van der Waals surface area contributed by atoms with Crippen molar-refractivity contribution in [1.29, 1.82) is 0 Å². The lowest BCUT2D eigenvalue weighted by atomic mass is 10.0. The third-order valence-electron chi connectivity index (χ3n) is 3.90. The number of primary amides is 1. The maximum absolute atomic E-state index is 12.6. The fourth-order valence-electron chi connectivity index (χ4n) is 2.67. The van der Waals surface area contributed by atoms with Crippen LogP contribution in [0.25, 0.3) is 10.8 Å². The largest absolute Gasteiger partial charge is 0.494 e. The van der Waals surface area contributed by atoms with Crippen molar-refractivity contribution in [1.82, 2.24) is 5.43 Å². The lowest BCUT2D eigenvalue weighted by Gasteiger charge is -2.11. The molecule has 2 amide bonds. The summed E-state index contributed by atoms with van der Waals surface area (Å²) in [6.45, 7) is 2.43. The molecule has 3 aromatic rings. The van der Waals surface area contributed by atoms with E-state index in [1.807, 2.05) is 37.3 Å². The number of carbonyl (C=O) groups excluding carboxylic acids is 2. The predicted molar refractivity (Wildman–Crippen MR) is 107 cm³/mol. The summed E-state index contributed by atoms with van der Waals surface area (Å²) in [5.74, 6) is 0.471. The van der Waals surface area contributed by atoms with Gasteiger partial charge in [-0.15, -0.1) is 0 Å². The van der Waals surface area contributed by atoms with Crippen molar-refractivity contribution in [2.24, 2.45) is 10.8 Å². The molecule has 142 valence electrons. The molecule has 0 saturated carbocycles. The molecule has 3 rings (SSSR count). The SMILES string of the molecule is CCOc1ccc(C(=O)Oc2ccc3ccccc3c2C=NNC(N)=O)cc1. The van der Waals surface area contributed by atoms with E-state index in [0.29, 0.717) is 29.2 Å². The number of hydrogen-bond acceptors (Lipinski definition) is 5. The third-order valence-corrected chi connectivity index (χ3v) is 3.90. The molecule has 0 heterocycles. The van der Waals surface area contributed by atoms with E-state index in [-0.39, 0.29) is 0 Å². The second-order valence-corrected chi connectivity index (χ2v) is 5.78. The Bertz CT molecular complexity index is 1030. The van der Waals surface area contributed by atoms with Gasteiger partial charge in [-0.3, -0.25) is 0 Å². The van der Waals surface area contributed by atoms with Gasteiger partial charge in [0, 0.05) is 5.56 Å². The van der Waals surface area contributed by atoms with E-state index < -0.39 is 12.0 Å². The van der Waals surface area contributed by atoms with Crippen LogP contribution >= 0.6 is 0 Å². The van der Waals surface area contributed by atoms with Crippen molar-refractivity contribution < 1.29 is 19.1 Å². The minimum absolute atomic E-state index is 0.313. The first-order valence-corrected chi connectivity index (χ1v) is 8.63. The second-order valence-electron chi connectivity index (χ2n) is 5.78. The smallest absolute Gasteiger partial charge is 0.343 e. The molecule has 0 aromatic heterocycles. The number of nitrogens with one attached hydrogen (secondary N) is 1. The van der Waals surface area contributed by atoms with Crippen LogP contribution in [0.4, 0.5) is 4.79 Å². The van der Waals surface area contributed by atoms with Crippen LogP contribution < -0.4 is 20.6 Å². The molecule has 0 unspecified atom stereocenters. The molecule has 0 aliphatic rings. The minimum atomic E-state index is -0.788. The Hall–Kier alpha value is -3.87. The van der Waals surface area contributed by atoms with Crippen molar-refractivity contribution in [3.63, 3.8) is 0 Å². The number of nitrogens with two attached hydrogens (primary N) is 1. The molecule has 0 bridgehead atoms. The number of ether oxygens (including phenoxy) is 2. The molecule has 0 radical (unpaired) electrons. The highest BCUT2D eigenvalue weighted by atomic mass is 16.5. The Labute approximate surface area is 161 Å². The van der Waals surface area contributed by atoms with Crippen LogP contribution in [0.2, 0.25) is 0 Å². The number of esters is 1. The maximum Gasteiger partial charge on any atom is 0.343 e. The first-order chi connectivity index (χ1) is 13.6. The van der Waals surface area contributed by atoms with Crippen LogP contribution in [0, 0.1) is 0 Å². The number of rotatable bonds is 6. The number of nitrogens with zero attached hydrogens (tertiary/aromatic N) is 1. The van der Waals surface area contributed by atoms with Crippen LogP contribution in [0.3, 0.4) is 0 Å². The quantitative estimate of drug-likeness (QED) is 0.297. The van der Waals surface area contributed by atoms with Crippen LogP contribution in [-0.4, -0.2) is 24.8 Å². The molecular formula is C21H19N3O4. The van der Waals surface area contributed by atoms with Gasteiger partial charge < -0.3 is 15.2 Å². The molecule has 7 nitrogen and oxygen atoms in total. The average Bonchev–Trinajstić information content (AvgIpc) is 2.70. The molecule has 0 atom stereocenters. The zero-order chi connectivity index (χ0) is 19.9. The number of carbonyl (C=O) groups is 2. The summed E-state index contributed by atoms with van der Waals surface area (Å²) in [5.41, 5.74) is 8.11. The summed E-state index contributed by atoms with van der Waals surface area (Å²) >= 11 is 0. The fourth-order valence-corrected chi connectivity index (χ4v) is 2.67. The van der Waals surface area contributed by atoms with Crippen LogP contribution in [-0.2, 0) is 0 Å². The average molecular weight is 377 g/mol. The summed E-state index contributed by atoms with van der Waals surface area (Å²) in [6.07, 6.45) is 1.40. The fraction of sp³-hybridized carbons (Fsp3) is 0.0952. The summed E-state index contributed by atoms with van der Waals surface area (Å²) in [7, 11) is 0. The topological polar surface area (TPSA) is 103 Å². The molecule has 3 aromatic carbocycles. The highest BCUT2D eigenvalue weighted by molar-refractivity contribution is 6.04. The molecule has 7 heteroatoms. The standard InChI is InChI=1S/C21H19N3O4/c1-2-27-16-10-7-15(8-11-16)20(25)28-19-12-9-14-5-3-4-6-17(14)18(19)13-23-24-21(22)26/h3-13H,2H2,1H3,(H3,22,24,26). The Morgan fingerprint density at radius 3 is 2.54 bits per heavy atom. The highest BCUT2D eigenvalue weighted by Gasteiger charge is 2.13. The molecule has 0 saturated heterocycles. The maximum atomic E-state index is 12.6. The number of fused-ring (bicyclic) bond motifs is 1. The molecule has 0 fully saturated rings. The third kappa shape index (κ3) is 4.45. The van der Waals surface area contributed by atoms with Gasteiger partial charge in [0.1, 0.15) is 11.5 Å². The molecular weight excluding hydrogens is 358 g/mol. The van der Waals surface area contributed by atoms with Gasteiger partial charge in [0.2, 0.25) is 0 Å². The van der Waals surface area contributed by atoms with E-state index in [1.165, 1.54) is 6.21 Å². The van der Waals surface area contributed by atoms with Crippen LogP contribution in [0.1, 0.15) is 22.8 Å².